The fraction of sp³-hybridized carbons (Fsp3) is 0.312. The Kier molecular flexibility index (Phi) is 3.91. The van der Waals surface area contributed by atoms with Crippen LogP contribution < -0.4 is 15.3 Å². The number of rotatable bonds is 3. The van der Waals surface area contributed by atoms with Gasteiger partial charge in [-0.3, -0.25) is 10.0 Å². The topological polar surface area (TPSA) is 81.6 Å². The Balaban J connectivity index is 1.43. The summed E-state index contributed by atoms with van der Waals surface area (Å²) < 4.78 is 52.1. The van der Waals surface area contributed by atoms with Crippen LogP contribution in [0.1, 0.15) is 15.9 Å². The highest BCUT2D eigenvalue weighted by Gasteiger charge is 2.53. The average Bonchev–Trinajstić information content (AvgIpc) is 2.63. The van der Waals surface area contributed by atoms with Gasteiger partial charge < -0.3 is 9.80 Å². The molecule has 1 amide bonds. The summed E-state index contributed by atoms with van der Waals surface area (Å²) in [5.74, 6) is -1.24. The van der Waals surface area contributed by atoms with Crippen LogP contribution >= 0.6 is 0 Å². The van der Waals surface area contributed by atoms with Crippen LogP contribution in [0.3, 0.4) is 0 Å². The quantitative estimate of drug-likeness (QED) is 0.478. The molecule has 2 atom stereocenters. The first kappa shape index (κ1) is 17.5. The number of halogens is 4. The van der Waals surface area contributed by atoms with E-state index in [4.69, 9.17) is 5.21 Å². The lowest BCUT2D eigenvalue weighted by molar-refractivity contribution is -0.137. The lowest BCUT2D eigenvalue weighted by Crippen LogP contribution is -2.80. The number of alkyl halides is 3. The highest BCUT2D eigenvalue weighted by atomic mass is 19.4. The van der Waals surface area contributed by atoms with Crippen molar-refractivity contribution in [1.29, 1.82) is 0 Å². The summed E-state index contributed by atoms with van der Waals surface area (Å²) in [6.45, 7) is 0.909. The Hall–Kier alpha value is -2.95. The van der Waals surface area contributed by atoms with E-state index < -0.39 is 23.5 Å². The number of hydroxylamine groups is 1. The molecule has 0 radical (unpaired) electrons. The second-order valence-corrected chi connectivity index (χ2v) is 6.32. The predicted octanol–water partition coefficient (Wildman–Crippen LogP) is 1.83. The number of hydrogen-bond acceptors (Lipinski definition) is 6. The number of fused-ring (bicyclic) bond motifs is 1. The lowest BCUT2D eigenvalue weighted by atomic mass is 9.85. The van der Waals surface area contributed by atoms with Crippen LogP contribution in [0.5, 0.6) is 0 Å². The van der Waals surface area contributed by atoms with Gasteiger partial charge >= 0.3 is 6.18 Å². The maximum absolute atomic E-state index is 14.1. The molecule has 11 heteroatoms. The van der Waals surface area contributed by atoms with Gasteiger partial charge in [0.25, 0.3) is 5.91 Å². The molecule has 142 valence electrons. The Labute approximate surface area is 150 Å². The summed E-state index contributed by atoms with van der Waals surface area (Å²) in [4.78, 5) is 23.0. The van der Waals surface area contributed by atoms with Gasteiger partial charge in [-0.1, -0.05) is 0 Å². The maximum atomic E-state index is 14.1. The van der Waals surface area contributed by atoms with E-state index in [1.165, 1.54) is 17.9 Å². The van der Waals surface area contributed by atoms with Crippen molar-refractivity contribution in [2.75, 3.05) is 22.9 Å². The molecule has 7 nitrogen and oxygen atoms in total. The van der Waals surface area contributed by atoms with Gasteiger partial charge in [0.15, 0.2) is 0 Å². The van der Waals surface area contributed by atoms with Gasteiger partial charge in [0, 0.05) is 25.5 Å². The summed E-state index contributed by atoms with van der Waals surface area (Å²) in [5.41, 5.74) is 0.701. The van der Waals surface area contributed by atoms with Gasteiger partial charge in [0.2, 0.25) is 5.95 Å². The van der Waals surface area contributed by atoms with E-state index in [-0.39, 0.29) is 23.3 Å². The number of piperazine rings is 1. The number of benzene rings is 1. The SMILES string of the molecule is O=C(NO)c1cnc(N2CC3[C@H]2CN3c2ccc(C(F)(F)F)cc2F)nc1. The molecule has 2 N–H and O–H groups in total. The van der Waals surface area contributed by atoms with Crippen molar-refractivity contribution in [3.63, 3.8) is 0 Å². The third-order valence-electron chi connectivity index (χ3n) is 4.86. The third kappa shape index (κ3) is 2.83. The fourth-order valence-corrected chi connectivity index (χ4v) is 3.33. The monoisotopic (exact) mass is 383 g/mol. The molecule has 1 aromatic heterocycles. The fourth-order valence-electron chi connectivity index (χ4n) is 3.33. The van der Waals surface area contributed by atoms with Crippen LogP contribution in [0.4, 0.5) is 29.2 Å². The van der Waals surface area contributed by atoms with Crippen molar-refractivity contribution in [2.24, 2.45) is 0 Å². The van der Waals surface area contributed by atoms with Crippen molar-refractivity contribution < 1.29 is 27.6 Å². The number of hydrogen-bond donors (Lipinski definition) is 2. The second-order valence-electron chi connectivity index (χ2n) is 6.32. The highest BCUT2D eigenvalue weighted by Crippen LogP contribution is 2.41. The van der Waals surface area contributed by atoms with Gasteiger partial charge in [-0.15, -0.1) is 0 Å². The number of aromatic nitrogens is 2. The van der Waals surface area contributed by atoms with E-state index in [1.807, 2.05) is 4.90 Å². The molecule has 2 fully saturated rings. The molecule has 2 saturated heterocycles. The Morgan fingerprint density at radius 1 is 1.15 bits per heavy atom. The predicted molar refractivity (Wildman–Crippen MR) is 85.0 cm³/mol. The molecule has 2 aromatic rings. The normalized spacial score (nSPS) is 21.2. The van der Waals surface area contributed by atoms with Gasteiger partial charge in [-0.2, -0.15) is 13.2 Å². The minimum Gasteiger partial charge on any atom is -0.360 e. The molecule has 0 spiro atoms. The van der Waals surface area contributed by atoms with Crippen LogP contribution in [0.25, 0.3) is 0 Å². The molecule has 2 aliphatic rings. The minimum absolute atomic E-state index is 0.0178. The van der Waals surface area contributed by atoms with Crippen molar-refractivity contribution in [1.82, 2.24) is 15.4 Å². The lowest BCUT2D eigenvalue weighted by Gasteiger charge is -2.62. The van der Waals surface area contributed by atoms with E-state index in [9.17, 15) is 22.4 Å². The molecule has 3 heterocycles. The largest absolute Gasteiger partial charge is 0.416 e. The molecular formula is C16H13F4N5O2. The summed E-state index contributed by atoms with van der Waals surface area (Å²) in [6.07, 6.45) is -2.04. The number of amides is 1. The molecule has 1 aromatic carbocycles. The molecular weight excluding hydrogens is 370 g/mol. The molecule has 0 aliphatic carbocycles. The van der Waals surface area contributed by atoms with Gasteiger partial charge in [-0.05, 0) is 18.2 Å². The van der Waals surface area contributed by atoms with Crippen LogP contribution in [0.15, 0.2) is 30.6 Å². The summed E-state index contributed by atoms with van der Waals surface area (Å²) >= 11 is 0. The average molecular weight is 383 g/mol. The van der Waals surface area contributed by atoms with E-state index in [0.29, 0.717) is 25.1 Å². The van der Waals surface area contributed by atoms with Crippen LogP contribution in [-0.2, 0) is 6.18 Å². The molecule has 4 rings (SSSR count). The maximum Gasteiger partial charge on any atom is 0.416 e. The number of nitrogens with zero attached hydrogens (tertiary/aromatic N) is 4. The Morgan fingerprint density at radius 3 is 2.30 bits per heavy atom. The first-order valence-corrected chi connectivity index (χ1v) is 7.96. The summed E-state index contributed by atoms with van der Waals surface area (Å²) in [5, 5.41) is 8.57. The number of carbonyl (C=O) groups is 1. The van der Waals surface area contributed by atoms with Gasteiger partial charge in [0.05, 0.1) is 28.9 Å². The standard InChI is InChI=1S/C16H13F4N5O2/c17-10-3-9(16(18,19)20)1-2-11(10)24-6-13-12(24)7-25(13)15-21-4-8(5-22-15)14(26)23-27/h1-5,12-13,27H,6-7H2,(H,23,26)/t12?,13-/m1/s1. The van der Waals surface area contributed by atoms with Gasteiger partial charge in [0.1, 0.15) is 5.82 Å². The number of anilines is 2. The molecule has 1 unspecified atom stereocenters. The smallest absolute Gasteiger partial charge is 0.360 e. The van der Waals surface area contributed by atoms with Crippen molar-refractivity contribution in [3.05, 3.63) is 47.5 Å². The van der Waals surface area contributed by atoms with E-state index in [1.54, 1.807) is 4.90 Å². The number of nitrogens with one attached hydrogen (secondary N) is 1. The van der Waals surface area contributed by atoms with Crippen molar-refractivity contribution in [3.8, 4) is 0 Å². The van der Waals surface area contributed by atoms with E-state index in [2.05, 4.69) is 9.97 Å². The van der Waals surface area contributed by atoms with Crippen LogP contribution in [-0.4, -0.2) is 46.3 Å². The molecule has 2 aliphatic heterocycles. The molecule has 0 saturated carbocycles. The van der Waals surface area contributed by atoms with E-state index >= 15 is 0 Å². The first-order chi connectivity index (χ1) is 12.8. The minimum atomic E-state index is -4.58. The zero-order valence-corrected chi connectivity index (χ0v) is 13.6. The van der Waals surface area contributed by atoms with Gasteiger partial charge in [-0.25, -0.2) is 19.8 Å². The van der Waals surface area contributed by atoms with Crippen molar-refractivity contribution >= 4 is 17.5 Å². The highest BCUT2D eigenvalue weighted by molar-refractivity contribution is 5.92. The van der Waals surface area contributed by atoms with Crippen molar-refractivity contribution in [2.45, 2.75) is 18.3 Å². The van der Waals surface area contributed by atoms with Crippen LogP contribution in [0.2, 0.25) is 0 Å². The van der Waals surface area contributed by atoms with E-state index in [0.717, 1.165) is 12.1 Å². The van der Waals surface area contributed by atoms with Crippen LogP contribution in [0, 0.1) is 5.82 Å². The second kappa shape index (κ2) is 6.05. The zero-order chi connectivity index (χ0) is 19.3. The molecule has 27 heavy (non-hydrogen) atoms. The summed E-state index contributed by atoms with van der Waals surface area (Å²) in [6, 6.07) is 2.50. The Bertz CT molecular complexity index is 889. The zero-order valence-electron chi connectivity index (χ0n) is 13.6. The first-order valence-electron chi connectivity index (χ1n) is 7.96. The summed E-state index contributed by atoms with van der Waals surface area (Å²) in [7, 11) is 0. The number of carbonyl (C=O) groups excluding carboxylic acids is 1. The third-order valence-corrected chi connectivity index (χ3v) is 4.86. The molecule has 0 bridgehead atoms. The Morgan fingerprint density at radius 2 is 1.78 bits per heavy atom.